The van der Waals surface area contributed by atoms with E-state index in [0.29, 0.717) is 0 Å². The van der Waals surface area contributed by atoms with Crippen molar-refractivity contribution >= 4 is 15.9 Å². The molecule has 1 atom stereocenters. The molecule has 1 aromatic carbocycles. The number of benzene rings is 1. The summed E-state index contributed by atoms with van der Waals surface area (Å²) in [5, 5.41) is 0. The first-order valence-electron chi connectivity index (χ1n) is 6.57. The smallest absolute Gasteiger partial charge is 0.0244 e. The highest BCUT2D eigenvalue weighted by molar-refractivity contribution is 9.10. The molecule has 0 bridgehead atoms. The van der Waals surface area contributed by atoms with Crippen molar-refractivity contribution < 1.29 is 0 Å². The highest BCUT2D eigenvalue weighted by Crippen LogP contribution is 2.37. The van der Waals surface area contributed by atoms with E-state index in [9.17, 15) is 0 Å². The molecule has 0 spiro atoms. The van der Waals surface area contributed by atoms with Crippen molar-refractivity contribution in [1.82, 2.24) is 0 Å². The summed E-state index contributed by atoms with van der Waals surface area (Å²) < 4.78 is 1.46. The van der Waals surface area contributed by atoms with Crippen LogP contribution in [-0.2, 0) is 25.7 Å². The molecule has 0 N–H and O–H groups in total. The highest BCUT2D eigenvalue weighted by atomic mass is 79.9. The molecule has 0 amide bonds. The first kappa shape index (κ1) is 10.8. The molecule has 0 saturated carbocycles. The van der Waals surface area contributed by atoms with E-state index in [1.165, 1.54) is 49.4 Å². The van der Waals surface area contributed by atoms with E-state index < -0.39 is 0 Å². The van der Waals surface area contributed by atoms with E-state index in [0.717, 1.165) is 5.92 Å². The Morgan fingerprint density at radius 3 is 2.69 bits per heavy atom. The zero-order valence-corrected chi connectivity index (χ0v) is 11.6. The van der Waals surface area contributed by atoms with Gasteiger partial charge >= 0.3 is 0 Å². The van der Waals surface area contributed by atoms with Crippen LogP contribution in [0.3, 0.4) is 0 Å². The average molecular weight is 279 g/mol. The van der Waals surface area contributed by atoms with E-state index in [2.05, 4.69) is 28.9 Å². The van der Waals surface area contributed by atoms with Gasteiger partial charge in [0.25, 0.3) is 0 Å². The Labute approximate surface area is 107 Å². The molecular weight excluding hydrogens is 260 g/mol. The average Bonchev–Trinajstić information content (AvgIpc) is 2.31. The van der Waals surface area contributed by atoms with E-state index >= 15 is 0 Å². The van der Waals surface area contributed by atoms with Gasteiger partial charge in [-0.15, -0.1) is 0 Å². The molecule has 0 nitrogen and oxygen atoms in total. The summed E-state index contributed by atoms with van der Waals surface area (Å²) in [4.78, 5) is 0. The number of rotatable bonds is 0. The SMILES string of the molecule is C[C@H]1CCc2cc3c(c(Br)c2C1)CCCC3. The lowest BCUT2D eigenvalue weighted by Gasteiger charge is -2.27. The van der Waals surface area contributed by atoms with Crippen molar-refractivity contribution in [3.8, 4) is 0 Å². The lowest BCUT2D eigenvalue weighted by molar-refractivity contribution is 0.497. The molecule has 3 rings (SSSR count). The Hall–Kier alpha value is -0.300. The van der Waals surface area contributed by atoms with Crippen LogP contribution < -0.4 is 0 Å². The summed E-state index contributed by atoms with van der Waals surface area (Å²) in [6.07, 6.45) is 9.30. The molecule has 1 heteroatoms. The Morgan fingerprint density at radius 1 is 1.06 bits per heavy atom. The molecule has 1 aromatic rings. The fourth-order valence-corrected chi connectivity index (χ4v) is 4.12. The number of fused-ring (bicyclic) bond motifs is 2. The first-order valence-corrected chi connectivity index (χ1v) is 7.37. The van der Waals surface area contributed by atoms with Gasteiger partial charge in [0.2, 0.25) is 0 Å². The molecule has 2 aliphatic rings. The number of hydrogen-bond acceptors (Lipinski definition) is 0. The van der Waals surface area contributed by atoms with E-state index in [1.54, 1.807) is 22.3 Å². The van der Waals surface area contributed by atoms with Crippen LogP contribution in [0.2, 0.25) is 0 Å². The van der Waals surface area contributed by atoms with E-state index in [4.69, 9.17) is 0 Å². The largest absolute Gasteiger partial charge is 0.0622 e. The van der Waals surface area contributed by atoms with Gasteiger partial charge < -0.3 is 0 Å². The minimum Gasteiger partial charge on any atom is -0.0622 e. The fourth-order valence-electron chi connectivity index (χ4n) is 3.26. The summed E-state index contributed by atoms with van der Waals surface area (Å²) in [5.41, 5.74) is 6.51. The molecule has 0 radical (unpaired) electrons. The molecule has 0 unspecified atom stereocenters. The topological polar surface area (TPSA) is 0 Å². The summed E-state index contributed by atoms with van der Waals surface area (Å²) >= 11 is 3.88. The maximum absolute atomic E-state index is 3.88. The maximum atomic E-state index is 3.88. The standard InChI is InChI=1S/C15H19Br/c1-10-6-7-12-9-11-4-2-3-5-13(11)15(16)14(12)8-10/h9-10H,2-8H2,1H3/t10-/m0/s1. The van der Waals surface area contributed by atoms with Crippen LogP contribution in [0.25, 0.3) is 0 Å². The zero-order valence-electron chi connectivity index (χ0n) is 9.98. The van der Waals surface area contributed by atoms with Crippen molar-refractivity contribution in [1.29, 1.82) is 0 Å². The summed E-state index contributed by atoms with van der Waals surface area (Å²) in [5.74, 6) is 0.866. The minimum absolute atomic E-state index is 0.866. The van der Waals surface area contributed by atoms with Gasteiger partial charge in [-0.05, 0) is 73.1 Å². The Kier molecular flexibility index (Phi) is 2.83. The Balaban J connectivity index is 2.12. The molecule has 0 saturated heterocycles. The van der Waals surface area contributed by atoms with E-state index in [-0.39, 0.29) is 0 Å². The second kappa shape index (κ2) is 4.18. The van der Waals surface area contributed by atoms with Crippen LogP contribution in [0, 0.1) is 5.92 Å². The third-order valence-electron chi connectivity index (χ3n) is 4.24. The van der Waals surface area contributed by atoms with Crippen molar-refractivity contribution in [3.63, 3.8) is 0 Å². The van der Waals surface area contributed by atoms with Crippen LogP contribution in [0.5, 0.6) is 0 Å². The molecule has 0 aromatic heterocycles. The van der Waals surface area contributed by atoms with Crippen molar-refractivity contribution in [2.45, 2.75) is 51.9 Å². The highest BCUT2D eigenvalue weighted by Gasteiger charge is 2.22. The first-order chi connectivity index (χ1) is 7.75. The maximum Gasteiger partial charge on any atom is 0.0244 e. The van der Waals surface area contributed by atoms with Crippen molar-refractivity contribution in [2.75, 3.05) is 0 Å². The Bertz CT molecular complexity index is 420. The molecule has 0 aliphatic heterocycles. The van der Waals surface area contributed by atoms with Gasteiger partial charge in [-0.1, -0.05) is 28.9 Å². The quantitative estimate of drug-likeness (QED) is 0.658. The van der Waals surface area contributed by atoms with Crippen LogP contribution in [0.15, 0.2) is 10.5 Å². The Morgan fingerprint density at radius 2 is 1.81 bits per heavy atom. The van der Waals surface area contributed by atoms with Crippen molar-refractivity contribution in [3.05, 3.63) is 32.8 Å². The van der Waals surface area contributed by atoms with Gasteiger partial charge in [-0.25, -0.2) is 0 Å². The second-order valence-corrected chi connectivity index (χ2v) is 6.31. The van der Waals surface area contributed by atoms with Gasteiger partial charge in [0.05, 0.1) is 0 Å². The molecule has 16 heavy (non-hydrogen) atoms. The predicted octanol–water partition coefficient (Wildman–Crippen LogP) is 4.45. The van der Waals surface area contributed by atoms with Gasteiger partial charge in [-0.3, -0.25) is 0 Å². The monoisotopic (exact) mass is 278 g/mol. The van der Waals surface area contributed by atoms with Crippen molar-refractivity contribution in [2.24, 2.45) is 5.92 Å². The van der Waals surface area contributed by atoms with Gasteiger partial charge in [-0.2, -0.15) is 0 Å². The lowest BCUT2D eigenvalue weighted by atomic mass is 9.80. The number of aryl methyl sites for hydroxylation is 2. The molecular formula is C15H19Br. The normalized spacial score (nSPS) is 23.8. The van der Waals surface area contributed by atoms with Gasteiger partial charge in [0.15, 0.2) is 0 Å². The molecule has 0 fully saturated rings. The van der Waals surface area contributed by atoms with Crippen LogP contribution in [0.1, 0.15) is 48.4 Å². The fraction of sp³-hybridized carbons (Fsp3) is 0.600. The molecule has 2 aliphatic carbocycles. The third kappa shape index (κ3) is 1.73. The van der Waals surface area contributed by atoms with Gasteiger partial charge in [0, 0.05) is 4.47 Å². The van der Waals surface area contributed by atoms with Gasteiger partial charge in [0.1, 0.15) is 0 Å². The number of hydrogen-bond donors (Lipinski definition) is 0. The zero-order chi connectivity index (χ0) is 11.1. The number of halogens is 1. The van der Waals surface area contributed by atoms with E-state index in [1.807, 2.05) is 0 Å². The van der Waals surface area contributed by atoms with Crippen LogP contribution in [0.4, 0.5) is 0 Å². The summed E-state index contributed by atoms with van der Waals surface area (Å²) in [7, 11) is 0. The van der Waals surface area contributed by atoms with Crippen LogP contribution >= 0.6 is 15.9 Å². The molecule has 0 heterocycles. The molecule has 86 valence electrons. The third-order valence-corrected chi connectivity index (χ3v) is 5.19. The summed E-state index contributed by atoms with van der Waals surface area (Å²) in [6, 6.07) is 2.51. The minimum atomic E-state index is 0.866. The predicted molar refractivity (Wildman–Crippen MR) is 72.0 cm³/mol. The summed E-state index contributed by atoms with van der Waals surface area (Å²) in [6.45, 7) is 2.38. The second-order valence-electron chi connectivity index (χ2n) is 5.52. The lowest BCUT2D eigenvalue weighted by Crippen LogP contribution is -2.15. The van der Waals surface area contributed by atoms with Crippen LogP contribution in [-0.4, -0.2) is 0 Å².